The normalized spacial score (nSPS) is 17.0. The number of hydrogen-bond donors (Lipinski definition) is 2. The predicted octanol–water partition coefficient (Wildman–Crippen LogP) is 3.68. The number of nitrogens with one attached hydrogen (secondary N) is 2. The molecule has 1 unspecified atom stereocenters. The molecule has 9 heteroatoms. The van der Waals surface area contributed by atoms with E-state index in [-0.39, 0.29) is 35.7 Å². The van der Waals surface area contributed by atoms with Crippen LogP contribution in [0.2, 0.25) is 0 Å². The minimum absolute atomic E-state index is 0. The minimum Gasteiger partial charge on any atom is -0.365 e. The number of thiazole rings is 1. The first-order chi connectivity index (χ1) is 12.6. The van der Waals surface area contributed by atoms with Crippen LogP contribution in [-0.4, -0.2) is 36.6 Å². The molecule has 2 heterocycles. The lowest BCUT2D eigenvalue weighted by molar-refractivity contribution is 0.576. The topological polar surface area (TPSA) is 52.6 Å². The van der Waals surface area contributed by atoms with E-state index in [2.05, 4.69) is 20.6 Å². The lowest BCUT2D eigenvalue weighted by Gasteiger charge is -2.21. The third kappa shape index (κ3) is 5.50. The van der Waals surface area contributed by atoms with Gasteiger partial charge in [-0.1, -0.05) is 6.07 Å². The van der Waals surface area contributed by atoms with E-state index in [4.69, 9.17) is 0 Å². The Hall–Kier alpha value is -1.49. The number of guanidine groups is 1. The smallest absolute Gasteiger partial charge is 0.191 e. The summed E-state index contributed by atoms with van der Waals surface area (Å²) in [5.74, 6) is -0.333. The van der Waals surface area contributed by atoms with Gasteiger partial charge in [0, 0.05) is 30.6 Å². The van der Waals surface area contributed by atoms with Gasteiger partial charge in [0.25, 0.3) is 0 Å². The van der Waals surface area contributed by atoms with Crippen molar-refractivity contribution in [3.8, 4) is 0 Å². The van der Waals surface area contributed by atoms with Crippen molar-refractivity contribution in [2.45, 2.75) is 32.9 Å². The van der Waals surface area contributed by atoms with Gasteiger partial charge in [0.2, 0.25) is 0 Å². The van der Waals surface area contributed by atoms with Crippen molar-refractivity contribution in [3.05, 3.63) is 45.9 Å². The van der Waals surface area contributed by atoms with Crippen LogP contribution in [0.15, 0.2) is 28.7 Å². The molecule has 0 radical (unpaired) electrons. The molecule has 1 aromatic carbocycles. The van der Waals surface area contributed by atoms with Crippen molar-refractivity contribution in [2.75, 3.05) is 24.5 Å². The maximum atomic E-state index is 14.0. The second-order valence-electron chi connectivity index (χ2n) is 6.20. The van der Waals surface area contributed by atoms with Gasteiger partial charge in [0.05, 0.1) is 17.7 Å². The molecule has 1 fully saturated rings. The van der Waals surface area contributed by atoms with E-state index in [0.29, 0.717) is 25.6 Å². The Morgan fingerprint density at radius 2 is 2.11 bits per heavy atom. The number of aliphatic imine (C=N–C) groups is 1. The molecule has 2 N–H and O–H groups in total. The zero-order chi connectivity index (χ0) is 18.5. The van der Waals surface area contributed by atoms with Crippen molar-refractivity contribution < 1.29 is 8.78 Å². The number of nitrogens with zero attached hydrogens (tertiary/aromatic N) is 3. The molecule has 1 aliphatic rings. The van der Waals surface area contributed by atoms with E-state index in [1.807, 2.05) is 19.4 Å². The Balaban J connectivity index is 0.00000261. The summed E-state index contributed by atoms with van der Waals surface area (Å²) in [7, 11) is 0. The quantitative estimate of drug-likeness (QED) is 0.369. The molecule has 1 saturated heterocycles. The third-order valence-electron chi connectivity index (χ3n) is 4.35. The lowest BCUT2D eigenvalue weighted by Crippen LogP contribution is -2.44. The first kappa shape index (κ1) is 21.8. The van der Waals surface area contributed by atoms with Crippen LogP contribution in [0.5, 0.6) is 0 Å². The van der Waals surface area contributed by atoms with Crippen molar-refractivity contribution in [1.82, 2.24) is 15.6 Å². The number of hydrogen-bond acceptors (Lipinski definition) is 4. The molecule has 0 amide bonds. The first-order valence-electron chi connectivity index (χ1n) is 8.71. The fraction of sp³-hybridized carbons (Fsp3) is 0.444. The van der Waals surface area contributed by atoms with Crippen molar-refractivity contribution >= 4 is 47.0 Å². The predicted molar refractivity (Wildman–Crippen MR) is 117 cm³/mol. The molecule has 1 aromatic heterocycles. The zero-order valence-electron chi connectivity index (χ0n) is 15.3. The van der Waals surface area contributed by atoms with Crippen LogP contribution in [0.4, 0.5) is 14.5 Å². The number of anilines is 1. The summed E-state index contributed by atoms with van der Waals surface area (Å²) in [4.78, 5) is 11.7. The summed E-state index contributed by atoms with van der Waals surface area (Å²) in [5.41, 5.74) is 2.87. The highest BCUT2D eigenvalue weighted by molar-refractivity contribution is 14.0. The molecular weight excluding hydrogens is 483 g/mol. The number of benzene rings is 1. The van der Waals surface area contributed by atoms with Gasteiger partial charge in [0.15, 0.2) is 5.96 Å². The fourth-order valence-electron chi connectivity index (χ4n) is 3.01. The van der Waals surface area contributed by atoms with Gasteiger partial charge >= 0.3 is 0 Å². The van der Waals surface area contributed by atoms with E-state index >= 15 is 0 Å². The SMILES string of the molecule is CCNC(=NCc1scnc1C)NC1CCN(c2c(F)cccc2F)C1.I. The molecule has 0 saturated carbocycles. The Kier molecular flexibility index (Phi) is 8.21. The van der Waals surface area contributed by atoms with Crippen LogP contribution in [0, 0.1) is 18.6 Å². The minimum atomic E-state index is -0.521. The molecule has 0 bridgehead atoms. The first-order valence-corrected chi connectivity index (χ1v) is 9.59. The summed E-state index contributed by atoms with van der Waals surface area (Å²) in [5, 5.41) is 6.60. The molecule has 5 nitrogen and oxygen atoms in total. The van der Waals surface area contributed by atoms with E-state index in [1.54, 1.807) is 16.2 Å². The van der Waals surface area contributed by atoms with Gasteiger partial charge in [-0.2, -0.15) is 0 Å². The number of para-hydroxylation sites is 1. The summed E-state index contributed by atoms with van der Waals surface area (Å²) in [6, 6.07) is 4.05. The third-order valence-corrected chi connectivity index (χ3v) is 5.27. The number of halogens is 3. The van der Waals surface area contributed by atoms with Crippen molar-refractivity contribution in [3.63, 3.8) is 0 Å². The van der Waals surface area contributed by atoms with Gasteiger partial charge in [0.1, 0.15) is 17.3 Å². The molecule has 2 aromatic rings. The summed E-state index contributed by atoms with van der Waals surface area (Å²) < 4.78 is 28.0. The largest absolute Gasteiger partial charge is 0.365 e. The molecular formula is C18H24F2IN5S. The Bertz CT molecular complexity index is 763. The second-order valence-corrected chi connectivity index (χ2v) is 7.14. The molecule has 27 heavy (non-hydrogen) atoms. The van der Waals surface area contributed by atoms with Crippen LogP contribution in [0.25, 0.3) is 0 Å². The van der Waals surface area contributed by atoms with Gasteiger partial charge in [-0.15, -0.1) is 35.3 Å². The van der Waals surface area contributed by atoms with Crippen LogP contribution >= 0.6 is 35.3 Å². The van der Waals surface area contributed by atoms with E-state index in [1.165, 1.54) is 18.2 Å². The molecule has 0 aliphatic carbocycles. The second kappa shape index (κ2) is 10.2. The summed E-state index contributed by atoms with van der Waals surface area (Å²) in [6.45, 7) is 6.41. The monoisotopic (exact) mass is 507 g/mol. The van der Waals surface area contributed by atoms with Gasteiger partial charge in [-0.05, 0) is 32.4 Å². The standard InChI is InChI=1S/C18H23F2N5S.HI/c1-3-21-18(22-9-16-12(2)23-11-26-16)24-13-7-8-25(10-13)17-14(19)5-4-6-15(17)20;/h4-6,11,13H,3,7-10H2,1-2H3,(H2,21,22,24);1H. The Labute approximate surface area is 179 Å². The average Bonchev–Trinajstić information content (AvgIpc) is 3.22. The highest BCUT2D eigenvalue weighted by Gasteiger charge is 2.27. The average molecular weight is 507 g/mol. The Morgan fingerprint density at radius 3 is 2.74 bits per heavy atom. The molecule has 148 valence electrons. The van der Waals surface area contributed by atoms with Crippen molar-refractivity contribution in [1.29, 1.82) is 0 Å². The molecule has 1 aliphatic heterocycles. The molecule has 3 rings (SSSR count). The Morgan fingerprint density at radius 1 is 1.37 bits per heavy atom. The van der Waals surface area contributed by atoms with Gasteiger partial charge in [-0.25, -0.2) is 18.8 Å². The van der Waals surface area contributed by atoms with Crippen LogP contribution in [0.1, 0.15) is 23.9 Å². The zero-order valence-corrected chi connectivity index (χ0v) is 18.5. The van der Waals surface area contributed by atoms with E-state index in [9.17, 15) is 8.78 Å². The van der Waals surface area contributed by atoms with Gasteiger partial charge in [-0.3, -0.25) is 0 Å². The van der Waals surface area contributed by atoms with Gasteiger partial charge < -0.3 is 15.5 Å². The summed E-state index contributed by atoms with van der Waals surface area (Å²) >= 11 is 1.59. The molecule has 0 spiro atoms. The van der Waals surface area contributed by atoms with E-state index < -0.39 is 11.6 Å². The highest BCUT2D eigenvalue weighted by Crippen LogP contribution is 2.26. The maximum absolute atomic E-state index is 14.0. The number of rotatable bonds is 5. The highest BCUT2D eigenvalue weighted by atomic mass is 127. The maximum Gasteiger partial charge on any atom is 0.191 e. The van der Waals surface area contributed by atoms with Crippen LogP contribution in [-0.2, 0) is 6.54 Å². The van der Waals surface area contributed by atoms with Crippen LogP contribution < -0.4 is 15.5 Å². The van der Waals surface area contributed by atoms with Crippen LogP contribution in [0.3, 0.4) is 0 Å². The summed E-state index contributed by atoms with van der Waals surface area (Å²) in [6.07, 6.45) is 0.789. The van der Waals surface area contributed by atoms with Crippen molar-refractivity contribution in [2.24, 2.45) is 4.99 Å². The lowest BCUT2D eigenvalue weighted by atomic mass is 10.2. The number of aryl methyl sites for hydroxylation is 1. The van der Waals surface area contributed by atoms with E-state index in [0.717, 1.165) is 23.5 Å². The number of aromatic nitrogens is 1. The fourth-order valence-corrected chi connectivity index (χ4v) is 3.71. The molecule has 1 atom stereocenters.